The number of aliphatic hydroxyl groups excluding tert-OH is 2. The molecule has 1 aliphatic rings. The summed E-state index contributed by atoms with van der Waals surface area (Å²) in [6.07, 6.45) is 0.00794. The highest BCUT2D eigenvalue weighted by molar-refractivity contribution is 5.73. The molecule has 3 N–H and O–H groups in total. The summed E-state index contributed by atoms with van der Waals surface area (Å²) in [5.74, 6) is 0.446. The molecule has 7 nitrogen and oxygen atoms in total. The number of carbonyl (C=O) groups is 1. The van der Waals surface area contributed by atoms with E-state index in [1.54, 1.807) is 4.90 Å². The summed E-state index contributed by atoms with van der Waals surface area (Å²) in [5.41, 5.74) is 0. The van der Waals surface area contributed by atoms with Crippen LogP contribution in [0.3, 0.4) is 0 Å². The Bertz CT molecular complexity index is 380. The molecule has 0 aromatic carbocycles. The zero-order valence-electron chi connectivity index (χ0n) is 16.1. The van der Waals surface area contributed by atoms with Gasteiger partial charge in [-0.15, -0.1) is 0 Å². The zero-order chi connectivity index (χ0) is 18.8. The van der Waals surface area contributed by atoms with Crippen LogP contribution < -0.4 is 5.32 Å². The van der Waals surface area contributed by atoms with Crippen LogP contribution in [0.2, 0.25) is 0 Å². The van der Waals surface area contributed by atoms with E-state index in [1.807, 2.05) is 0 Å². The van der Waals surface area contributed by atoms with E-state index in [0.29, 0.717) is 19.1 Å². The minimum Gasteiger partial charge on any atom is -0.388 e. The van der Waals surface area contributed by atoms with Crippen LogP contribution in [0.25, 0.3) is 0 Å². The quantitative estimate of drug-likeness (QED) is 0.674. The molecule has 0 aliphatic carbocycles. The number of aliphatic hydroxyl groups is 2. The van der Waals surface area contributed by atoms with Crippen molar-refractivity contribution in [2.45, 2.75) is 64.4 Å². The van der Waals surface area contributed by atoms with Crippen LogP contribution in [-0.2, 0) is 14.3 Å². The molecular formula is C18H36N2O5. The lowest BCUT2D eigenvalue weighted by Gasteiger charge is -2.34. The molecule has 1 aliphatic heterocycles. The van der Waals surface area contributed by atoms with Gasteiger partial charge in [-0.1, -0.05) is 13.8 Å². The highest BCUT2D eigenvalue weighted by atomic mass is 16.5. The molecule has 7 heteroatoms. The first-order valence-corrected chi connectivity index (χ1v) is 9.30. The Hall–Kier alpha value is -0.730. The van der Waals surface area contributed by atoms with Gasteiger partial charge in [0.1, 0.15) is 18.3 Å². The van der Waals surface area contributed by atoms with Crippen LogP contribution in [-0.4, -0.2) is 85.3 Å². The lowest BCUT2D eigenvalue weighted by Crippen LogP contribution is -2.51. The van der Waals surface area contributed by atoms with Crippen molar-refractivity contribution in [2.75, 3.05) is 40.0 Å². The van der Waals surface area contributed by atoms with Crippen molar-refractivity contribution in [3.05, 3.63) is 0 Å². The van der Waals surface area contributed by atoms with Gasteiger partial charge >= 0.3 is 0 Å². The van der Waals surface area contributed by atoms with Gasteiger partial charge in [-0.25, -0.2) is 0 Å². The van der Waals surface area contributed by atoms with E-state index < -0.39 is 18.3 Å². The Morgan fingerprint density at radius 1 is 1.32 bits per heavy atom. The molecule has 1 unspecified atom stereocenters. The minimum atomic E-state index is -1.11. The van der Waals surface area contributed by atoms with Crippen LogP contribution in [0, 0.1) is 5.92 Å². The number of nitrogens with one attached hydrogen (secondary N) is 1. The van der Waals surface area contributed by atoms with Gasteiger partial charge in [-0.2, -0.15) is 0 Å². The molecule has 1 rings (SSSR count). The number of amides is 1. The van der Waals surface area contributed by atoms with Crippen molar-refractivity contribution in [1.82, 2.24) is 10.2 Å². The van der Waals surface area contributed by atoms with Gasteiger partial charge in [0.25, 0.3) is 0 Å². The molecule has 0 aromatic heterocycles. The van der Waals surface area contributed by atoms with E-state index in [1.165, 1.54) is 14.0 Å². The smallest absolute Gasteiger partial charge is 0.219 e. The average Bonchev–Trinajstić information content (AvgIpc) is 2.55. The molecule has 0 spiro atoms. The Morgan fingerprint density at radius 2 is 2.04 bits per heavy atom. The van der Waals surface area contributed by atoms with Crippen molar-refractivity contribution in [2.24, 2.45) is 5.92 Å². The number of hydrogen-bond donors (Lipinski definition) is 3. The van der Waals surface area contributed by atoms with Crippen LogP contribution >= 0.6 is 0 Å². The first kappa shape index (κ1) is 22.3. The molecule has 25 heavy (non-hydrogen) atoms. The van der Waals surface area contributed by atoms with Crippen LogP contribution in [0.1, 0.15) is 40.0 Å². The topological polar surface area (TPSA) is 91.3 Å². The maximum Gasteiger partial charge on any atom is 0.219 e. The standard InChI is InChI=1S/C18H36N2O5/c1-13(2)9-15-10-20(14(3)21)11-17(24-4)18(23)16(22)12-25-8-6-5-7-19-15/h13,15-19,22-23H,5-12H2,1-4H3/t15?,16-,17-,18-/m1/s1. The maximum atomic E-state index is 12.1. The summed E-state index contributed by atoms with van der Waals surface area (Å²) in [7, 11) is 1.48. The van der Waals surface area contributed by atoms with Crippen molar-refractivity contribution < 1.29 is 24.5 Å². The number of rotatable bonds is 3. The first-order chi connectivity index (χ1) is 11.8. The van der Waals surface area contributed by atoms with E-state index >= 15 is 0 Å². The number of methoxy groups -OCH3 is 1. The SMILES string of the molecule is CO[C@@H]1CN(C(C)=O)CC(CC(C)C)NCCCCOC[C@@H](O)[C@H]1O. The van der Waals surface area contributed by atoms with Crippen LogP contribution in [0.4, 0.5) is 0 Å². The molecule has 1 heterocycles. The Labute approximate surface area is 151 Å². The predicted octanol–water partition coefficient (Wildman–Crippen LogP) is 0.386. The normalized spacial score (nSPS) is 30.9. The molecule has 0 saturated carbocycles. The summed E-state index contributed by atoms with van der Waals surface area (Å²) >= 11 is 0. The second kappa shape index (κ2) is 11.8. The molecule has 1 saturated heterocycles. The molecule has 0 bridgehead atoms. The van der Waals surface area contributed by atoms with Gasteiger partial charge in [0.15, 0.2) is 0 Å². The summed E-state index contributed by atoms with van der Waals surface area (Å²) in [6.45, 7) is 8.13. The molecule has 148 valence electrons. The zero-order valence-corrected chi connectivity index (χ0v) is 16.1. The number of carbonyl (C=O) groups excluding carboxylic acids is 1. The third-order valence-electron chi connectivity index (χ3n) is 4.56. The molecule has 1 amide bonds. The number of hydrogen-bond acceptors (Lipinski definition) is 6. The molecule has 4 atom stereocenters. The van der Waals surface area contributed by atoms with Gasteiger partial charge in [0.2, 0.25) is 5.91 Å². The number of nitrogens with zero attached hydrogens (tertiary/aromatic N) is 1. The minimum absolute atomic E-state index is 0.0600. The highest BCUT2D eigenvalue weighted by Gasteiger charge is 2.30. The average molecular weight is 360 g/mol. The van der Waals surface area contributed by atoms with Gasteiger partial charge in [-0.3, -0.25) is 4.79 Å². The molecule has 0 aromatic rings. The molecular weight excluding hydrogens is 324 g/mol. The van der Waals surface area contributed by atoms with Crippen molar-refractivity contribution in [1.29, 1.82) is 0 Å². The fraction of sp³-hybridized carbons (Fsp3) is 0.944. The summed E-state index contributed by atoms with van der Waals surface area (Å²) in [6, 6.07) is 0.187. The number of ether oxygens (including phenoxy) is 2. The third-order valence-corrected chi connectivity index (χ3v) is 4.56. The van der Waals surface area contributed by atoms with E-state index in [-0.39, 0.29) is 25.1 Å². The lowest BCUT2D eigenvalue weighted by atomic mass is 10.0. The second-order valence-corrected chi connectivity index (χ2v) is 7.32. The summed E-state index contributed by atoms with van der Waals surface area (Å²) in [5, 5.41) is 24.0. The van der Waals surface area contributed by atoms with Gasteiger partial charge in [0.05, 0.1) is 6.61 Å². The van der Waals surface area contributed by atoms with E-state index in [2.05, 4.69) is 19.2 Å². The van der Waals surface area contributed by atoms with Gasteiger partial charge in [-0.05, 0) is 31.7 Å². The van der Waals surface area contributed by atoms with Crippen LogP contribution in [0.15, 0.2) is 0 Å². The fourth-order valence-corrected chi connectivity index (χ4v) is 3.11. The predicted molar refractivity (Wildman–Crippen MR) is 96.4 cm³/mol. The Balaban J connectivity index is 2.88. The monoisotopic (exact) mass is 360 g/mol. The summed E-state index contributed by atoms with van der Waals surface area (Å²) < 4.78 is 10.8. The van der Waals surface area contributed by atoms with Crippen molar-refractivity contribution >= 4 is 5.91 Å². The lowest BCUT2D eigenvalue weighted by molar-refractivity contribution is -0.137. The molecule has 0 radical (unpaired) electrons. The highest BCUT2D eigenvalue weighted by Crippen LogP contribution is 2.12. The maximum absolute atomic E-state index is 12.1. The van der Waals surface area contributed by atoms with Crippen LogP contribution in [0.5, 0.6) is 0 Å². The van der Waals surface area contributed by atoms with Crippen molar-refractivity contribution in [3.8, 4) is 0 Å². The van der Waals surface area contributed by atoms with E-state index in [0.717, 1.165) is 25.8 Å². The fourth-order valence-electron chi connectivity index (χ4n) is 3.11. The van der Waals surface area contributed by atoms with Gasteiger partial charge < -0.3 is 29.9 Å². The largest absolute Gasteiger partial charge is 0.388 e. The van der Waals surface area contributed by atoms with Gasteiger partial charge in [0, 0.05) is 39.8 Å². The van der Waals surface area contributed by atoms with Crippen molar-refractivity contribution in [3.63, 3.8) is 0 Å². The van der Waals surface area contributed by atoms with E-state index in [4.69, 9.17) is 9.47 Å². The van der Waals surface area contributed by atoms with E-state index in [9.17, 15) is 15.0 Å². The first-order valence-electron chi connectivity index (χ1n) is 9.30. The third kappa shape index (κ3) is 8.46. The summed E-state index contributed by atoms with van der Waals surface area (Å²) in [4.78, 5) is 13.8. The Morgan fingerprint density at radius 3 is 2.64 bits per heavy atom. The molecule has 1 fully saturated rings. The second-order valence-electron chi connectivity index (χ2n) is 7.32. The Kier molecular flexibility index (Phi) is 10.5.